The summed E-state index contributed by atoms with van der Waals surface area (Å²) in [6, 6.07) is 0.838. The van der Waals surface area contributed by atoms with Gasteiger partial charge in [0.25, 0.3) is 0 Å². The van der Waals surface area contributed by atoms with Crippen LogP contribution in [-0.2, 0) is 0 Å². The Morgan fingerprint density at radius 3 is 2.40 bits per heavy atom. The first-order valence-electron chi connectivity index (χ1n) is 4.85. The Morgan fingerprint density at radius 2 is 2.00 bits per heavy atom. The standard InChI is InChI=1S/C10H17N3.2ClH/c1-10(2)8(11)3-4-9(10)13-6-5-12-7-13;;/h5-9H,3-4,11H2,1-2H3;2*1H. The van der Waals surface area contributed by atoms with Crippen LogP contribution in [0.5, 0.6) is 0 Å². The first kappa shape index (κ1) is 14.8. The molecule has 2 unspecified atom stereocenters. The quantitative estimate of drug-likeness (QED) is 0.834. The number of hydrogen-bond acceptors (Lipinski definition) is 2. The number of aromatic nitrogens is 2. The van der Waals surface area contributed by atoms with Gasteiger partial charge in [-0.25, -0.2) is 4.98 Å². The minimum atomic E-state index is 0. The van der Waals surface area contributed by atoms with Gasteiger partial charge in [0.2, 0.25) is 0 Å². The lowest BCUT2D eigenvalue weighted by atomic mass is 9.84. The number of nitrogens with zero attached hydrogens (tertiary/aromatic N) is 2. The van der Waals surface area contributed by atoms with Gasteiger partial charge in [-0.15, -0.1) is 24.8 Å². The van der Waals surface area contributed by atoms with Crippen molar-refractivity contribution < 1.29 is 0 Å². The Kier molecular flexibility index (Phi) is 5.10. The number of halogens is 2. The van der Waals surface area contributed by atoms with Gasteiger partial charge in [-0.2, -0.15) is 0 Å². The molecular weight excluding hydrogens is 233 g/mol. The highest BCUT2D eigenvalue weighted by Gasteiger charge is 2.41. The predicted octanol–water partition coefficient (Wildman–Crippen LogP) is 2.42. The van der Waals surface area contributed by atoms with Crippen LogP contribution in [0.3, 0.4) is 0 Å². The molecule has 1 aliphatic carbocycles. The largest absolute Gasteiger partial charge is 0.334 e. The van der Waals surface area contributed by atoms with Crippen molar-refractivity contribution in [1.82, 2.24) is 9.55 Å². The Bertz CT molecular complexity index is 285. The zero-order chi connectivity index (χ0) is 9.47. The highest BCUT2D eigenvalue weighted by molar-refractivity contribution is 5.85. The lowest BCUT2D eigenvalue weighted by Gasteiger charge is -2.31. The molecule has 2 rings (SSSR count). The van der Waals surface area contributed by atoms with Crippen LogP contribution in [0.1, 0.15) is 32.7 Å². The van der Waals surface area contributed by atoms with Crippen molar-refractivity contribution in [3.05, 3.63) is 18.7 Å². The summed E-state index contributed by atoms with van der Waals surface area (Å²) in [5.41, 5.74) is 6.27. The van der Waals surface area contributed by atoms with Gasteiger partial charge in [0.1, 0.15) is 0 Å². The molecule has 1 aromatic rings. The van der Waals surface area contributed by atoms with Gasteiger partial charge < -0.3 is 10.3 Å². The molecule has 1 fully saturated rings. The molecule has 15 heavy (non-hydrogen) atoms. The second kappa shape index (κ2) is 5.19. The monoisotopic (exact) mass is 251 g/mol. The minimum absolute atomic E-state index is 0. The van der Waals surface area contributed by atoms with Gasteiger partial charge in [-0.3, -0.25) is 0 Å². The Labute approximate surface area is 103 Å². The second-order valence-corrected chi connectivity index (χ2v) is 4.53. The minimum Gasteiger partial charge on any atom is -0.334 e. The first-order valence-corrected chi connectivity index (χ1v) is 4.85. The smallest absolute Gasteiger partial charge is 0.0948 e. The molecule has 0 aliphatic heterocycles. The summed E-state index contributed by atoms with van der Waals surface area (Å²) in [6.45, 7) is 4.49. The van der Waals surface area contributed by atoms with Gasteiger partial charge in [0, 0.05) is 29.9 Å². The van der Waals surface area contributed by atoms with Crippen molar-refractivity contribution in [1.29, 1.82) is 0 Å². The van der Waals surface area contributed by atoms with Crippen LogP contribution in [0.15, 0.2) is 18.7 Å². The predicted molar refractivity (Wildman–Crippen MR) is 66.8 cm³/mol. The lowest BCUT2D eigenvalue weighted by molar-refractivity contribution is 0.234. The van der Waals surface area contributed by atoms with E-state index in [2.05, 4.69) is 23.4 Å². The SMILES string of the molecule is CC1(C)C(N)CCC1n1ccnc1.Cl.Cl. The summed E-state index contributed by atoms with van der Waals surface area (Å²) >= 11 is 0. The van der Waals surface area contributed by atoms with Crippen molar-refractivity contribution in [3.8, 4) is 0 Å². The maximum absolute atomic E-state index is 6.08. The Morgan fingerprint density at radius 1 is 1.33 bits per heavy atom. The van der Waals surface area contributed by atoms with Gasteiger partial charge in [-0.05, 0) is 12.8 Å². The fraction of sp³-hybridized carbons (Fsp3) is 0.700. The third kappa shape index (κ3) is 2.47. The number of nitrogens with two attached hydrogens (primary N) is 1. The molecule has 0 amide bonds. The number of hydrogen-bond donors (Lipinski definition) is 1. The molecule has 1 aromatic heterocycles. The highest BCUT2D eigenvalue weighted by atomic mass is 35.5. The third-order valence-corrected chi connectivity index (χ3v) is 3.45. The fourth-order valence-electron chi connectivity index (χ4n) is 2.32. The van der Waals surface area contributed by atoms with Crippen LogP contribution in [0.4, 0.5) is 0 Å². The molecule has 5 heteroatoms. The third-order valence-electron chi connectivity index (χ3n) is 3.45. The van der Waals surface area contributed by atoms with E-state index in [9.17, 15) is 0 Å². The molecule has 1 saturated carbocycles. The summed E-state index contributed by atoms with van der Waals surface area (Å²) in [5, 5.41) is 0. The zero-order valence-corrected chi connectivity index (χ0v) is 10.7. The topological polar surface area (TPSA) is 43.8 Å². The Hall–Kier alpha value is -0.250. The molecule has 0 radical (unpaired) electrons. The fourth-order valence-corrected chi connectivity index (χ4v) is 2.32. The van der Waals surface area contributed by atoms with Crippen LogP contribution in [0.2, 0.25) is 0 Å². The van der Waals surface area contributed by atoms with Crippen molar-refractivity contribution in [2.75, 3.05) is 0 Å². The summed E-state index contributed by atoms with van der Waals surface area (Å²) in [6.07, 6.45) is 8.05. The van der Waals surface area contributed by atoms with Gasteiger partial charge in [-0.1, -0.05) is 13.8 Å². The van der Waals surface area contributed by atoms with Gasteiger partial charge in [0.15, 0.2) is 0 Å². The summed E-state index contributed by atoms with van der Waals surface area (Å²) in [7, 11) is 0. The molecule has 88 valence electrons. The molecule has 3 nitrogen and oxygen atoms in total. The van der Waals surface area contributed by atoms with E-state index in [1.54, 1.807) is 0 Å². The van der Waals surface area contributed by atoms with Gasteiger partial charge >= 0.3 is 0 Å². The molecule has 2 N–H and O–H groups in total. The Balaban J connectivity index is 0.000000980. The second-order valence-electron chi connectivity index (χ2n) is 4.53. The van der Waals surface area contributed by atoms with E-state index in [1.807, 2.05) is 18.7 Å². The van der Waals surface area contributed by atoms with Gasteiger partial charge in [0.05, 0.1) is 6.33 Å². The molecule has 0 aromatic carbocycles. The molecule has 0 bridgehead atoms. The average Bonchev–Trinajstić information content (AvgIpc) is 2.62. The molecule has 2 atom stereocenters. The van der Waals surface area contributed by atoms with Crippen molar-refractivity contribution >= 4 is 24.8 Å². The average molecular weight is 252 g/mol. The zero-order valence-electron chi connectivity index (χ0n) is 9.09. The van der Waals surface area contributed by atoms with E-state index in [0.29, 0.717) is 12.1 Å². The van der Waals surface area contributed by atoms with Crippen LogP contribution < -0.4 is 5.73 Å². The van der Waals surface area contributed by atoms with E-state index in [0.717, 1.165) is 6.42 Å². The maximum atomic E-state index is 6.08. The van der Waals surface area contributed by atoms with Crippen LogP contribution in [0.25, 0.3) is 0 Å². The summed E-state index contributed by atoms with van der Waals surface area (Å²) in [4.78, 5) is 4.08. The van der Waals surface area contributed by atoms with Crippen LogP contribution >= 0.6 is 24.8 Å². The molecule has 1 heterocycles. The number of rotatable bonds is 1. The first-order chi connectivity index (χ1) is 6.12. The highest BCUT2D eigenvalue weighted by Crippen LogP contribution is 2.44. The van der Waals surface area contributed by atoms with E-state index in [1.165, 1.54) is 6.42 Å². The van der Waals surface area contributed by atoms with Crippen molar-refractivity contribution in [3.63, 3.8) is 0 Å². The van der Waals surface area contributed by atoms with E-state index < -0.39 is 0 Å². The van der Waals surface area contributed by atoms with Crippen LogP contribution in [0, 0.1) is 5.41 Å². The lowest BCUT2D eigenvalue weighted by Crippen LogP contribution is -2.36. The maximum Gasteiger partial charge on any atom is 0.0948 e. The van der Waals surface area contributed by atoms with E-state index >= 15 is 0 Å². The molecule has 0 saturated heterocycles. The molecule has 1 aliphatic rings. The normalized spacial score (nSPS) is 27.9. The van der Waals surface area contributed by atoms with E-state index in [-0.39, 0.29) is 30.2 Å². The van der Waals surface area contributed by atoms with E-state index in [4.69, 9.17) is 5.73 Å². The van der Waals surface area contributed by atoms with Crippen molar-refractivity contribution in [2.24, 2.45) is 11.1 Å². The van der Waals surface area contributed by atoms with Crippen LogP contribution in [-0.4, -0.2) is 15.6 Å². The summed E-state index contributed by atoms with van der Waals surface area (Å²) < 4.78 is 2.19. The molecule has 0 spiro atoms. The molecular formula is C10H19Cl2N3. The van der Waals surface area contributed by atoms with Crippen molar-refractivity contribution in [2.45, 2.75) is 38.8 Å². The number of imidazole rings is 1. The summed E-state index contributed by atoms with van der Waals surface area (Å²) in [5.74, 6) is 0.